The minimum absolute atomic E-state index is 0.185. The third-order valence-electron chi connectivity index (χ3n) is 3.95. The zero-order chi connectivity index (χ0) is 22.9. The molecule has 0 spiro atoms. The summed E-state index contributed by atoms with van der Waals surface area (Å²) in [6.07, 6.45) is 2.58. The molecule has 0 aliphatic carbocycles. The average Bonchev–Trinajstić information content (AvgIpc) is 2.68. The molecule has 2 aromatic rings. The fourth-order valence-corrected chi connectivity index (χ4v) is 2.62. The van der Waals surface area contributed by atoms with Gasteiger partial charge in [0.25, 0.3) is 0 Å². The standard InChI is InChI=1S/C24H29N3O4/c1-17-7-5-8-18(13-17)11-12-21(28)27-20-10-6-9-19(14-20)15-25-22(29)16-26-23(30)31-24(2,3)4/h5-14H,15-16H2,1-4H3,(H,25,29)(H,26,30)(H,27,28)/b12-11+. The van der Waals surface area contributed by atoms with Gasteiger partial charge in [0.1, 0.15) is 12.1 Å². The van der Waals surface area contributed by atoms with E-state index in [1.807, 2.05) is 37.3 Å². The number of hydrogen-bond donors (Lipinski definition) is 3. The Labute approximate surface area is 182 Å². The molecule has 2 rings (SSSR count). The summed E-state index contributed by atoms with van der Waals surface area (Å²) in [5, 5.41) is 7.92. The highest BCUT2D eigenvalue weighted by atomic mass is 16.6. The monoisotopic (exact) mass is 423 g/mol. The molecule has 0 aromatic heterocycles. The van der Waals surface area contributed by atoms with Crippen LogP contribution in [0.15, 0.2) is 54.6 Å². The molecule has 3 N–H and O–H groups in total. The molecule has 0 radical (unpaired) electrons. The molecule has 3 amide bonds. The molecule has 7 heteroatoms. The lowest BCUT2D eigenvalue weighted by atomic mass is 10.1. The van der Waals surface area contributed by atoms with Crippen LogP contribution in [-0.2, 0) is 20.9 Å². The van der Waals surface area contributed by atoms with Crippen LogP contribution in [0.4, 0.5) is 10.5 Å². The van der Waals surface area contributed by atoms with E-state index < -0.39 is 11.7 Å². The summed E-state index contributed by atoms with van der Waals surface area (Å²) in [4.78, 5) is 35.7. The number of nitrogens with one attached hydrogen (secondary N) is 3. The summed E-state index contributed by atoms with van der Waals surface area (Å²) in [6, 6.07) is 15.0. The lowest BCUT2D eigenvalue weighted by Crippen LogP contribution is -2.39. The number of hydrogen-bond acceptors (Lipinski definition) is 4. The van der Waals surface area contributed by atoms with Gasteiger partial charge >= 0.3 is 6.09 Å². The van der Waals surface area contributed by atoms with Crippen LogP contribution in [0.3, 0.4) is 0 Å². The summed E-state index contributed by atoms with van der Waals surface area (Å²) in [7, 11) is 0. The molecular weight excluding hydrogens is 394 g/mol. The second-order valence-corrected chi connectivity index (χ2v) is 8.07. The highest BCUT2D eigenvalue weighted by Crippen LogP contribution is 2.11. The van der Waals surface area contributed by atoms with E-state index in [-0.39, 0.29) is 24.9 Å². The van der Waals surface area contributed by atoms with Gasteiger partial charge in [-0.1, -0.05) is 42.0 Å². The molecule has 0 saturated heterocycles. The fourth-order valence-electron chi connectivity index (χ4n) is 2.62. The van der Waals surface area contributed by atoms with Crippen molar-refractivity contribution in [2.45, 2.75) is 39.8 Å². The first-order chi connectivity index (χ1) is 14.6. The highest BCUT2D eigenvalue weighted by molar-refractivity contribution is 6.02. The van der Waals surface area contributed by atoms with Crippen molar-refractivity contribution in [2.75, 3.05) is 11.9 Å². The van der Waals surface area contributed by atoms with E-state index in [4.69, 9.17) is 4.74 Å². The van der Waals surface area contributed by atoms with Gasteiger partial charge in [-0.3, -0.25) is 9.59 Å². The van der Waals surface area contributed by atoms with Crippen molar-refractivity contribution in [2.24, 2.45) is 0 Å². The number of aryl methyl sites for hydroxylation is 1. The Morgan fingerprint density at radius 2 is 1.74 bits per heavy atom. The fraction of sp³-hybridized carbons (Fsp3) is 0.292. The maximum absolute atomic E-state index is 12.2. The lowest BCUT2D eigenvalue weighted by molar-refractivity contribution is -0.120. The number of anilines is 1. The molecule has 0 fully saturated rings. The van der Waals surface area contributed by atoms with E-state index in [0.29, 0.717) is 5.69 Å². The summed E-state index contributed by atoms with van der Waals surface area (Å²) in [5.41, 5.74) is 2.88. The van der Waals surface area contributed by atoms with E-state index in [1.165, 1.54) is 6.08 Å². The smallest absolute Gasteiger partial charge is 0.408 e. The normalized spacial score (nSPS) is 11.1. The van der Waals surface area contributed by atoms with E-state index in [0.717, 1.165) is 16.7 Å². The minimum atomic E-state index is -0.647. The maximum atomic E-state index is 12.2. The van der Waals surface area contributed by atoms with Gasteiger partial charge in [-0.25, -0.2) is 4.79 Å². The van der Waals surface area contributed by atoms with Crippen LogP contribution in [0.2, 0.25) is 0 Å². The van der Waals surface area contributed by atoms with Gasteiger partial charge in [-0.05, 0) is 57.0 Å². The first-order valence-corrected chi connectivity index (χ1v) is 9.99. The zero-order valence-electron chi connectivity index (χ0n) is 18.3. The van der Waals surface area contributed by atoms with Gasteiger partial charge in [-0.2, -0.15) is 0 Å². The van der Waals surface area contributed by atoms with Gasteiger partial charge < -0.3 is 20.7 Å². The topological polar surface area (TPSA) is 96.5 Å². The van der Waals surface area contributed by atoms with Crippen LogP contribution >= 0.6 is 0 Å². The number of amides is 3. The number of rotatable bonds is 7. The molecule has 0 atom stereocenters. The number of ether oxygens (including phenoxy) is 1. The molecule has 31 heavy (non-hydrogen) atoms. The highest BCUT2D eigenvalue weighted by Gasteiger charge is 2.16. The zero-order valence-corrected chi connectivity index (χ0v) is 18.3. The van der Waals surface area contributed by atoms with Crippen LogP contribution < -0.4 is 16.0 Å². The molecule has 0 bridgehead atoms. The summed E-state index contributed by atoms with van der Waals surface area (Å²) in [5.74, 6) is -0.592. The van der Waals surface area contributed by atoms with Gasteiger partial charge in [0.2, 0.25) is 11.8 Å². The molecule has 7 nitrogen and oxygen atoms in total. The van der Waals surface area contributed by atoms with Gasteiger partial charge in [-0.15, -0.1) is 0 Å². The SMILES string of the molecule is Cc1cccc(/C=C/C(=O)Nc2cccc(CNC(=O)CNC(=O)OC(C)(C)C)c2)c1. The Hall–Kier alpha value is -3.61. The van der Waals surface area contributed by atoms with Gasteiger partial charge in [0.15, 0.2) is 0 Å². The van der Waals surface area contributed by atoms with Crippen LogP contribution in [-0.4, -0.2) is 30.1 Å². The molecule has 0 heterocycles. The van der Waals surface area contributed by atoms with E-state index >= 15 is 0 Å². The number of carbonyl (C=O) groups excluding carboxylic acids is 3. The minimum Gasteiger partial charge on any atom is -0.444 e. The van der Waals surface area contributed by atoms with Crippen molar-refractivity contribution in [1.29, 1.82) is 0 Å². The van der Waals surface area contributed by atoms with Crippen molar-refractivity contribution >= 4 is 29.7 Å². The van der Waals surface area contributed by atoms with Gasteiger partial charge in [0.05, 0.1) is 0 Å². The molecule has 0 unspecified atom stereocenters. The van der Waals surface area contributed by atoms with Crippen molar-refractivity contribution in [1.82, 2.24) is 10.6 Å². The molecule has 2 aromatic carbocycles. The second kappa shape index (κ2) is 11.0. The number of benzene rings is 2. The number of alkyl carbamates (subject to hydrolysis) is 1. The van der Waals surface area contributed by atoms with Crippen LogP contribution in [0.1, 0.15) is 37.5 Å². The Balaban J connectivity index is 1.81. The predicted octanol–water partition coefficient (Wildman–Crippen LogP) is 3.79. The lowest BCUT2D eigenvalue weighted by Gasteiger charge is -2.19. The first-order valence-electron chi connectivity index (χ1n) is 9.99. The average molecular weight is 424 g/mol. The molecule has 0 aliphatic rings. The molecule has 164 valence electrons. The van der Waals surface area contributed by atoms with Crippen molar-refractivity contribution in [3.05, 3.63) is 71.3 Å². The third kappa shape index (κ3) is 9.62. The van der Waals surface area contributed by atoms with Crippen LogP contribution in [0, 0.1) is 6.92 Å². The number of carbonyl (C=O) groups is 3. The Morgan fingerprint density at radius 3 is 2.45 bits per heavy atom. The van der Waals surface area contributed by atoms with E-state index in [9.17, 15) is 14.4 Å². The van der Waals surface area contributed by atoms with Crippen molar-refractivity contribution in [3.8, 4) is 0 Å². The molecule has 0 saturated carbocycles. The largest absolute Gasteiger partial charge is 0.444 e. The Morgan fingerprint density at radius 1 is 1.00 bits per heavy atom. The van der Waals surface area contributed by atoms with E-state index in [2.05, 4.69) is 16.0 Å². The Kier molecular flexibility index (Phi) is 8.37. The molecular formula is C24H29N3O4. The summed E-state index contributed by atoms with van der Waals surface area (Å²) in [6.45, 7) is 7.31. The first kappa shape index (κ1) is 23.7. The quantitative estimate of drug-likeness (QED) is 0.591. The predicted molar refractivity (Wildman–Crippen MR) is 121 cm³/mol. The van der Waals surface area contributed by atoms with E-state index in [1.54, 1.807) is 45.0 Å². The summed E-state index contributed by atoms with van der Waals surface area (Å²) < 4.78 is 5.08. The van der Waals surface area contributed by atoms with Crippen LogP contribution in [0.5, 0.6) is 0 Å². The Bertz CT molecular complexity index is 961. The maximum Gasteiger partial charge on any atom is 0.408 e. The molecule has 0 aliphatic heterocycles. The third-order valence-corrected chi connectivity index (χ3v) is 3.95. The second-order valence-electron chi connectivity index (χ2n) is 8.07. The summed E-state index contributed by atoms with van der Waals surface area (Å²) >= 11 is 0. The van der Waals surface area contributed by atoms with Gasteiger partial charge in [0, 0.05) is 18.3 Å². The van der Waals surface area contributed by atoms with Crippen molar-refractivity contribution < 1.29 is 19.1 Å². The van der Waals surface area contributed by atoms with Crippen LogP contribution in [0.25, 0.3) is 6.08 Å². The van der Waals surface area contributed by atoms with Crippen molar-refractivity contribution in [3.63, 3.8) is 0 Å².